The molecule has 0 aliphatic heterocycles. The third-order valence-corrected chi connectivity index (χ3v) is 5.46. The Morgan fingerprint density at radius 2 is 1.68 bits per heavy atom. The Hall–Kier alpha value is -1.60. The first kappa shape index (κ1) is 14.0. The van der Waals surface area contributed by atoms with Crippen LogP contribution in [-0.4, -0.2) is 24.5 Å². The average molecular weight is 291 g/mol. The molecule has 0 unspecified atom stereocenters. The Kier molecular flexibility index (Phi) is 3.75. The largest absolute Gasteiger partial charge is 0.303 e. The summed E-state index contributed by atoms with van der Waals surface area (Å²) >= 11 is 0. The summed E-state index contributed by atoms with van der Waals surface area (Å²) in [6, 6.07) is 20.8. The highest BCUT2D eigenvalue weighted by molar-refractivity contribution is 5.40. The van der Waals surface area contributed by atoms with Crippen LogP contribution < -0.4 is 0 Å². The summed E-state index contributed by atoms with van der Waals surface area (Å²) < 4.78 is 0. The number of nitrogens with zero attached hydrogens (tertiary/aromatic N) is 1. The van der Waals surface area contributed by atoms with Crippen molar-refractivity contribution in [2.45, 2.75) is 37.6 Å². The Morgan fingerprint density at radius 1 is 0.955 bits per heavy atom. The van der Waals surface area contributed by atoms with Gasteiger partial charge in [0, 0.05) is 18.5 Å². The van der Waals surface area contributed by atoms with Crippen LogP contribution in [0.3, 0.4) is 0 Å². The predicted molar refractivity (Wildman–Crippen MR) is 92.2 cm³/mol. The van der Waals surface area contributed by atoms with Gasteiger partial charge < -0.3 is 4.90 Å². The van der Waals surface area contributed by atoms with Crippen molar-refractivity contribution >= 4 is 0 Å². The summed E-state index contributed by atoms with van der Waals surface area (Å²) in [5.41, 5.74) is 4.57. The quantitative estimate of drug-likeness (QED) is 0.803. The first-order chi connectivity index (χ1) is 10.8. The lowest BCUT2D eigenvalue weighted by atomic mass is 9.76. The van der Waals surface area contributed by atoms with Crippen molar-refractivity contribution in [3.63, 3.8) is 0 Å². The van der Waals surface area contributed by atoms with E-state index in [9.17, 15) is 0 Å². The van der Waals surface area contributed by atoms with E-state index in [-0.39, 0.29) is 0 Å². The molecule has 1 fully saturated rings. The van der Waals surface area contributed by atoms with Crippen LogP contribution in [0.2, 0.25) is 0 Å². The van der Waals surface area contributed by atoms with Crippen molar-refractivity contribution < 1.29 is 0 Å². The molecule has 114 valence electrons. The molecule has 0 saturated heterocycles. The Balaban J connectivity index is 1.64. The van der Waals surface area contributed by atoms with E-state index >= 15 is 0 Å². The van der Waals surface area contributed by atoms with E-state index in [1.807, 2.05) is 0 Å². The van der Waals surface area contributed by atoms with Gasteiger partial charge >= 0.3 is 0 Å². The number of fused-ring (bicyclic) bond motifs is 1. The minimum atomic E-state index is 0.554. The minimum absolute atomic E-state index is 0.554. The molecule has 1 heteroatoms. The molecule has 2 aliphatic rings. The predicted octanol–water partition coefficient (Wildman–Crippen LogP) is 4.48. The van der Waals surface area contributed by atoms with Gasteiger partial charge in [0.2, 0.25) is 0 Å². The van der Waals surface area contributed by atoms with E-state index in [4.69, 9.17) is 0 Å². The number of rotatable bonds is 4. The van der Waals surface area contributed by atoms with Gasteiger partial charge in [-0.25, -0.2) is 0 Å². The molecule has 2 atom stereocenters. The Bertz CT molecular complexity index is 629. The smallest absolute Gasteiger partial charge is 0.0142 e. The van der Waals surface area contributed by atoms with Crippen LogP contribution in [0.25, 0.3) is 0 Å². The van der Waals surface area contributed by atoms with E-state index in [0.717, 1.165) is 5.92 Å². The average Bonchev–Trinajstić information content (AvgIpc) is 3.38. The topological polar surface area (TPSA) is 3.24 Å². The summed E-state index contributed by atoms with van der Waals surface area (Å²) in [4.78, 5) is 2.63. The second-order valence-corrected chi connectivity index (χ2v) is 7.14. The van der Waals surface area contributed by atoms with Gasteiger partial charge in [0.25, 0.3) is 0 Å². The van der Waals surface area contributed by atoms with Crippen LogP contribution in [0.15, 0.2) is 54.6 Å². The molecule has 22 heavy (non-hydrogen) atoms. The van der Waals surface area contributed by atoms with Crippen LogP contribution in [0.1, 0.15) is 41.9 Å². The molecular weight excluding hydrogens is 266 g/mol. The zero-order valence-electron chi connectivity index (χ0n) is 13.4. The second-order valence-electron chi connectivity index (χ2n) is 7.14. The third kappa shape index (κ3) is 2.83. The van der Waals surface area contributed by atoms with Crippen LogP contribution in [0, 0.1) is 5.92 Å². The van der Waals surface area contributed by atoms with Crippen LogP contribution in [0.5, 0.6) is 0 Å². The zero-order chi connectivity index (χ0) is 14.9. The second kappa shape index (κ2) is 5.89. The molecule has 0 aromatic heterocycles. The lowest BCUT2D eigenvalue weighted by Gasteiger charge is -2.37. The fourth-order valence-electron chi connectivity index (χ4n) is 3.99. The van der Waals surface area contributed by atoms with Gasteiger partial charge in [0.05, 0.1) is 0 Å². The fourth-order valence-corrected chi connectivity index (χ4v) is 3.99. The highest BCUT2D eigenvalue weighted by Gasteiger charge is 2.32. The molecule has 2 aliphatic carbocycles. The first-order valence-electron chi connectivity index (χ1n) is 8.64. The normalized spacial score (nSPS) is 24.3. The first-order valence-corrected chi connectivity index (χ1v) is 8.64. The molecule has 0 amide bonds. The molecule has 1 saturated carbocycles. The minimum Gasteiger partial charge on any atom is -0.303 e. The van der Waals surface area contributed by atoms with Crippen molar-refractivity contribution in [1.82, 2.24) is 4.90 Å². The summed E-state index contributed by atoms with van der Waals surface area (Å²) in [7, 11) is 2.33. The van der Waals surface area contributed by atoms with Crippen molar-refractivity contribution in [2.24, 2.45) is 5.92 Å². The summed E-state index contributed by atoms with van der Waals surface area (Å²) in [6.45, 7) is 1.29. The number of hydrogen-bond acceptors (Lipinski definition) is 1. The summed E-state index contributed by atoms with van der Waals surface area (Å²) in [6.07, 6.45) is 5.35. The highest BCUT2D eigenvalue weighted by Crippen LogP contribution is 2.39. The van der Waals surface area contributed by atoms with Gasteiger partial charge in [-0.2, -0.15) is 0 Å². The van der Waals surface area contributed by atoms with E-state index in [1.54, 1.807) is 11.1 Å². The maximum atomic E-state index is 2.63. The molecular formula is C21H25N. The molecule has 2 aromatic rings. The molecule has 0 bridgehead atoms. The van der Waals surface area contributed by atoms with E-state index in [2.05, 4.69) is 66.5 Å². The lowest BCUT2D eigenvalue weighted by Crippen LogP contribution is -2.39. The van der Waals surface area contributed by atoms with Gasteiger partial charge in [-0.1, -0.05) is 54.6 Å². The monoisotopic (exact) mass is 291 g/mol. The molecule has 0 N–H and O–H groups in total. The van der Waals surface area contributed by atoms with Gasteiger partial charge in [0.1, 0.15) is 0 Å². The van der Waals surface area contributed by atoms with E-state index in [0.29, 0.717) is 12.0 Å². The van der Waals surface area contributed by atoms with Crippen molar-refractivity contribution in [1.29, 1.82) is 0 Å². The van der Waals surface area contributed by atoms with Crippen LogP contribution >= 0.6 is 0 Å². The molecule has 2 aromatic carbocycles. The van der Waals surface area contributed by atoms with Gasteiger partial charge in [-0.3, -0.25) is 0 Å². The summed E-state index contributed by atoms with van der Waals surface area (Å²) in [5, 5.41) is 0. The zero-order valence-corrected chi connectivity index (χ0v) is 13.4. The molecule has 0 spiro atoms. The number of likely N-dealkylation sites (N-methyl/N-ethyl adjacent to an activating group) is 1. The Morgan fingerprint density at radius 3 is 2.45 bits per heavy atom. The standard InChI is InChI=1S/C21H25N/c1-22(15-16-11-12-16)19-13-18-9-5-6-10-20(18)21(14-19)17-7-3-2-4-8-17/h2-10,16,19,21H,11-15H2,1H3/t19-,21-/m1/s1. The molecule has 0 heterocycles. The molecule has 0 radical (unpaired) electrons. The highest BCUT2D eigenvalue weighted by atomic mass is 15.1. The van der Waals surface area contributed by atoms with Gasteiger partial charge in [0.15, 0.2) is 0 Å². The SMILES string of the molecule is CN(CC1CC1)[C@@H]1Cc2ccccc2[C@@H](c2ccccc2)C1. The number of hydrogen-bond donors (Lipinski definition) is 0. The van der Waals surface area contributed by atoms with Crippen LogP contribution in [-0.2, 0) is 6.42 Å². The van der Waals surface area contributed by atoms with Gasteiger partial charge in [-0.05, 0) is 55.3 Å². The molecule has 1 nitrogen and oxygen atoms in total. The number of benzene rings is 2. The maximum absolute atomic E-state index is 2.63. The lowest BCUT2D eigenvalue weighted by molar-refractivity contribution is 0.207. The summed E-state index contributed by atoms with van der Waals surface area (Å²) in [5.74, 6) is 1.52. The maximum Gasteiger partial charge on any atom is 0.0142 e. The van der Waals surface area contributed by atoms with E-state index < -0.39 is 0 Å². The van der Waals surface area contributed by atoms with Gasteiger partial charge in [-0.15, -0.1) is 0 Å². The molecule has 4 rings (SSSR count). The van der Waals surface area contributed by atoms with Crippen LogP contribution in [0.4, 0.5) is 0 Å². The van der Waals surface area contributed by atoms with Crippen molar-refractivity contribution in [3.05, 3.63) is 71.3 Å². The fraction of sp³-hybridized carbons (Fsp3) is 0.429. The Labute approximate surface area is 134 Å². The van der Waals surface area contributed by atoms with Crippen molar-refractivity contribution in [3.8, 4) is 0 Å². The van der Waals surface area contributed by atoms with Crippen molar-refractivity contribution in [2.75, 3.05) is 13.6 Å². The third-order valence-electron chi connectivity index (χ3n) is 5.46. The van der Waals surface area contributed by atoms with E-state index in [1.165, 1.54) is 37.8 Å².